The van der Waals surface area contributed by atoms with Crippen molar-refractivity contribution in [1.82, 2.24) is 9.97 Å². The Morgan fingerprint density at radius 2 is 1.72 bits per heavy atom. The van der Waals surface area contributed by atoms with Crippen molar-refractivity contribution >= 4 is 52.6 Å². The molecule has 3 aromatic carbocycles. The molecule has 39 heavy (non-hydrogen) atoms. The molecular weight excluding hydrogens is 531 g/mol. The van der Waals surface area contributed by atoms with Gasteiger partial charge in [0, 0.05) is 17.1 Å². The highest BCUT2D eigenvalue weighted by Gasteiger charge is 2.25. The van der Waals surface area contributed by atoms with Gasteiger partial charge in [-0.15, -0.1) is 0 Å². The first-order chi connectivity index (χ1) is 18.7. The van der Waals surface area contributed by atoms with Gasteiger partial charge in [-0.1, -0.05) is 54.1 Å². The van der Waals surface area contributed by atoms with Gasteiger partial charge >= 0.3 is 6.18 Å². The zero-order chi connectivity index (χ0) is 27.8. The summed E-state index contributed by atoms with van der Waals surface area (Å²) in [5, 5.41) is 10.0. The van der Waals surface area contributed by atoms with Crippen molar-refractivity contribution in [2.75, 3.05) is 16.0 Å². The van der Waals surface area contributed by atoms with Crippen LogP contribution in [0.15, 0.2) is 79.0 Å². The summed E-state index contributed by atoms with van der Waals surface area (Å²) in [6, 6.07) is 23.7. The molecule has 1 aliphatic rings. The van der Waals surface area contributed by atoms with Crippen LogP contribution in [0.1, 0.15) is 16.7 Å². The largest absolute Gasteiger partial charge is 0.446 e. The van der Waals surface area contributed by atoms with Crippen molar-refractivity contribution < 1.29 is 22.8 Å². The molecule has 2 heterocycles. The molecule has 11 heteroatoms. The maximum atomic E-state index is 12.7. The van der Waals surface area contributed by atoms with Gasteiger partial charge in [-0.3, -0.25) is 9.59 Å². The Hall–Kier alpha value is -4.44. The Bertz CT molecular complexity index is 1470. The molecule has 5 rings (SSSR count). The lowest BCUT2D eigenvalue weighted by atomic mass is 10.0. The molecule has 6 bridgehead atoms. The number of aromatic nitrogens is 2. The highest BCUT2D eigenvalue weighted by atomic mass is 35.5. The Kier molecular flexibility index (Phi) is 8.77. The molecular formula is C28H23ClF3N5O2. The lowest BCUT2D eigenvalue weighted by molar-refractivity contribution is -0.156. The van der Waals surface area contributed by atoms with Crippen LogP contribution in [0, 0.1) is 0 Å². The van der Waals surface area contributed by atoms with E-state index in [1.165, 1.54) is 5.56 Å². The number of aryl methyl sites for hydroxylation is 2. The van der Waals surface area contributed by atoms with E-state index in [0.717, 1.165) is 41.0 Å². The van der Waals surface area contributed by atoms with Gasteiger partial charge in [0.2, 0.25) is 18.1 Å². The molecule has 0 saturated heterocycles. The predicted molar refractivity (Wildman–Crippen MR) is 145 cm³/mol. The number of alkyl halides is 3. The van der Waals surface area contributed by atoms with Crippen molar-refractivity contribution in [3.05, 3.63) is 101 Å². The van der Waals surface area contributed by atoms with E-state index in [-0.39, 0.29) is 5.91 Å². The standard InChI is InChI=1S/C26H22ClN5O.C2HF3O/c27-22-16-28-26-30-20-8-4-7-18(13-20)9-10-19-15-21(29-25(22)32-26)11-12-23(19)31-24(33)14-17-5-2-1-3-6-17;3-2(4,5)1-6/h1-8,11-13,15-16H,9-10,14H2,(H,31,33)(H2,28,29,30,32);1H. The molecule has 0 spiro atoms. The molecule has 0 unspecified atom stereocenters. The third-order valence-electron chi connectivity index (χ3n) is 5.59. The number of benzene rings is 3. The van der Waals surface area contributed by atoms with Crippen LogP contribution in [0.2, 0.25) is 5.02 Å². The van der Waals surface area contributed by atoms with Crippen LogP contribution in [0.5, 0.6) is 0 Å². The second-order valence-electron chi connectivity index (χ2n) is 8.58. The number of fused-ring (bicyclic) bond motifs is 6. The molecule has 0 atom stereocenters. The van der Waals surface area contributed by atoms with Crippen LogP contribution >= 0.6 is 11.6 Å². The zero-order valence-corrected chi connectivity index (χ0v) is 21.2. The number of hydrogen-bond donors (Lipinski definition) is 3. The number of nitrogens with one attached hydrogen (secondary N) is 3. The predicted octanol–water partition coefficient (Wildman–Crippen LogP) is 6.64. The monoisotopic (exact) mass is 553 g/mol. The molecule has 4 aromatic rings. The summed E-state index contributed by atoms with van der Waals surface area (Å²) in [6.07, 6.45) is -2.22. The smallest absolute Gasteiger partial charge is 0.339 e. The van der Waals surface area contributed by atoms with E-state index in [1.807, 2.05) is 60.7 Å². The zero-order valence-electron chi connectivity index (χ0n) is 20.4. The highest BCUT2D eigenvalue weighted by molar-refractivity contribution is 6.32. The molecule has 1 aliphatic heterocycles. The fourth-order valence-electron chi connectivity index (χ4n) is 3.84. The van der Waals surface area contributed by atoms with E-state index in [2.05, 4.69) is 38.1 Å². The second-order valence-corrected chi connectivity index (χ2v) is 8.99. The summed E-state index contributed by atoms with van der Waals surface area (Å²) in [5.41, 5.74) is 5.73. The number of anilines is 5. The number of halogens is 4. The lowest BCUT2D eigenvalue weighted by Gasteiger charge is -2.15. The summed E-state index contributed by atoms with van der Waals surface area (Å²) >= 11 is 6.34. The number of hydrogen-bond acceptors (Lipinski definition) is 6. The third kappa shape index (κ3) is 8.27. The maximum absolute atomic E-state index is 12.7. The summed E-state index contributed by atoms with van der Waals surface area (Å²) in [5.74, 6) is 0.926. The molecule has 7 nitrogen and oxygen atoms in total. The molecule has 0 saturated carbocycles. The fourth-order valence-corrected chi connectivity index (χ4v) is 3.98. The minimum Gasteiger partial charge on any atom is -0.339 e. The normalized spacial score (nSPS) is 12.1. The number of rotatable bonds is 3. The van der Waals surface area contributed by atoms with Gasteiger partial charge in [0.05, 0.1) is 12.6 Å². The summed E-state index contributed by atoms with van der Waals surface area (Å²) < 4.78 is 31.2. The van der Waals surface area contributed by atoms with Crippen LogP contribution in [0.25, 0.3) is 0 Å². The minimum atomic E-state index is -4.64. The minimum absolute atomic E-state index is 0.0456. The van der Waals surface area contributed by atoms with Gasteiger partial charge in [0.25, 0.3) is 0 Å². The summed E-state index contributed by atoms with van der Waals surface area (Å²) in [6.45, 7) is 0. The van der Waals surface area contributed by atoms with Gasteiger partial charge in [-0.05, 0) is 59.9 Å². The number of carbonyl (C=O) groups excluding carboxylic acids is 2. The van der Waals surface area contributed by atoms with Crippen LogP contribution in [-0.2, 0) is 28.9 Å². The first kappa shape index (κ1) is 27.6. The number of carbonyl (C=O) groups is 2. The van der Waals surface area contributed by atoms with Crippen molar-refractivity contribution in [2.24, 2.45) is 0 Å². The Labute approximate surface area is 227 Å². The van der Waals surface area contributed by atoms with E-state index in [9.17, 15) is 18.0 Å². The second kappa shape index (κ2) is 12.4. The van der Waals surface area contributed by atoms with Crippen molar-refractivity contribution in [3.63, 3.8) is 0 Å². The first-order valence-corrected chi connectivity index (χ1v) is 12.2. The van der Waals surface area contributed by atoms with E-state index in [1.54, 1.807) is 6.20 Å². The Morgan fingerprint density at radius 3 is 2.46 bits per heavy atom. The van der Waals surface area contributed by atoms with Crippen molar-refractivity contribution in [3.8, 4) is 0 Å². The van der Waals surface area contributed by atoms with Crippen LogP contribution in [-0.4, -0.2) is 28.3 Å². The fraction of sp³-hybridized carbons (Fsp3) is 0.143. The van der Waals surface area contributed by atoms with Gasteiger partial charge in [-0.2, -0.15) is 18.2 Å². The van der Waals surface area contributed by atoms with Crippen LogP contribution in [0.3, 0.4) is 0 Å². The number of aldehydes is 1. The quantitative estimate of drug-likeness (QED) is 0.246. The van der Waals surface area contributed by atoms with E-state index >= 15 is 0 Å². The highest BCUT2D eigenvalue weighted by Crippen LogP contribution is 2.29. The maximum Gasteiger partial charge on any atom is 0.446 e. The molecule has 1 aromatic heterocycles. The topological polar surface area (TPSA) is 96.0 Å². The van der Waals surface area contributed by atoms with Crippen LogP contribution in [0.4, 0.5) is 42.0 Å². The molecule has 3 N–H and O–H groups in total. The molecule has 0 radical (unpaired) electrons. The van der Waals surface area contributed by atoms with Gasteiger partial charge in [-0.25, -0.2) is 4.98 Å². The SMILES string of the molecule is O=C(Cc1ccccc1)Nc1ccc2cc1CCc1cccc(c1)Nc1ncc(Cl)c(n1)N2.O=CC(F)(F)F. The Balaban J connectivity index is 0.000000531. The first-order valence-electron chi connectivity index (χ1n) is 11.8. The van der Waals surface area contributed by atoms with Gasteiger partial charge in [0.15, 0.2) is 5.82 Å². The molecule has 0 fully saturated rings. The van der Waals surface area contributed by atoms with Gasteiger partial charge in [0.1, 0.15) is 5.02 Å². The Morgan fingerprint density at radius 1 is 0.974 bits per heavy atom. The number of amides is 1. The average molecular weight is 554 g/mol. The average Bonchev–Trinajstić information content (AvgIpc) is 2.91. The summed E-state index contributed by atoms with van der Waals surface area (Å²) in [7, 11) is 0. The van der Waals surface area contributed by atoms with E-state index in [0.29, 0.717) is 23.2 Å². The van der Waals surface area contributed by atoms with Gasteiger partial charge < -0.3 is 16.0 Å². The molecule has 200 valence electrons. The summed E-state index contributed by atoms with van der Waals surface area (Å²) in [4.78, 5) is 30.2. The van der Waals surface area contributed by atoms with Crippen molar-refractivity contribution in [1.29, 1.82) is 0 Å². The third-order valence-corrected chi connectivity index (χ3v) is 5.87. The molecule has 0 aliphatic carbocycles. The number of nitrogens with zero attached hydrogens (tertiary/aromatic N) is 2. The van der Waals surface area contributed by atoms with E-state index < -0.39 is 12.5 Å². The van der Waals surface area contributed by atoms with E-state index in [4.69, 9.17) is 16.4 Å². The van der Waals surface area contributed by atoms with Crippen molar-refractivity contribution in [2.45, 2.75) is 25.4 Å². The molecule has 1 amide bonds. The van der Waals surface area contributed by atoms with Crippen LogP contribution < -0.4 is 16.0 Å². The lowest BCUT2D eigenvalue weighted by Crippen LogP contribution is -2.16.